The fourth-order valence-electron chi connectivity index (χ4n) is 5.14. The Morgan fingerprint density at radius 3 is 2.26 bits per heavy atom. The zero-order valence-electron chi connectivity index (χ0n) is 18.5. The van der Waals surface area contributed by atoms with Crippen LogP contribution in [0, 0.1) is 5.92 Å². The lowest BCUT2D eigenvalue weighted by molar-refractivity contribution is 0.00473. The van der Waals surface area contributed by atoms with Crippen LogP contribution in [0.2, 0.25) is 0 Å². The van der Waals surface area contributed by atoms with E-state index < -0.39 is 0 Å². The fraction of sp³-hybridized carbons (Fsp3) is 0.481. The van der Waals surface area contributed by atoms with Gasteiger partial charge in [-0.3, -0.25) is 4.79 Å². The number of Topliss-reactive ketones (excluding diaryl/α,β-unsaturated/α-hetero) is 1. The normalized spacial score (nSPS) is 22.7. The summed E-state index contributed by atoms with van der Waals surface area (Å²) in [6.45, 7) is 2.49. The van der Waals surface area contributed by atoms with Gasteiger partial charge in [0.1, 0.15) is 6.61 Å². The molecule has 1 amide bonds. The standard InChI is InChI=1S/C27H33NO3/c1-2-3-8-20-13-15-22(16-14-20)26(29)23-17-24-11-7-12-25(18-23)28(24)27(30)31-19-21-9-5-4-6-10-21/h4-6,9-10,13-16,23-25H,2-3,7-8,11-12,17-19H2,1H3. The van der Waals surface area contributed by atoms with Crippen LogP contribution in [0.3, 0.4) is 0 Å². The van der Waals surface area contributed by atoms with Crippen molar-refractivity contribution < 1.29 is 14.3 Å². The number of benzene rings is 2. The maximum absolute atomic E-state index is 13.2. The molecule has 2 bridgehead atoms. The van der Waals surface area contributed by atoms with Crippen molar-refractivity contribution in [2.45, 2.75) is 77.0 Å². The van der Waals surface area contributed by atoms with Crippen molar-refractivity contribution in [1.82, 2.24) is 4.90 Å². The molecule has 2 saturated heterocycles. The van der Waals surface area contributed by atoms with Crippen molar-refractivity contribution in [3.63, 3.8) is 0 Å². The predicted octanol–water partition coefficient (Wildman–Crippen LogP) is 6.18. The first-order chi connectivity index (χ1) is 15.2. The van der Waals surface area contributed by atoms with Crippen molar-refractivity contribution in [2.24, 2.45) is 5.92 Å². The summed E-state index contributed by atoms with van der Waals surface area (Å²) in [5.74, 6) is 0.228. The zero-order valence-corrected chi connectivity index (χ0v) is 18.5. The summed E-state index contributed by atoms with van der Waals surface area (Å²) < 4.78 is 5.63. The number of carbonyl (C=O) groups excluding carboxylic acids is 2. The first-order valence-electron chi connectivity index (χ1n) is 11.8. The van der Waals surface area contributed by atoms with E-state index in [0.29, 0.717) is 6.61 Å². The average molecular weight is 420 g/mol. The maximum Gasteiger partial charge on any atom is 0.410 e. The molecular formula is C27H33NO3. The Bertz CT molecular complexity index is 863. The Morgan fingerprint density at radius 1 is 0.935 bits per heavy atom. The molecule has 2 aliphatic rings. The zero-order chi connectivity index (χ0) is 21.6. The molecule has 2 atom stereocenters. The van der Waals surface area contributed by atoms with Crippen LogP contribution in [-0.2, 0) is 17.8 Å². The molecule has 2 unspecified atom stereocenters. The van der Waals surface area contributed by atoms with E-state index in [0.717, 1.165) is 49.7 Å². The molecule has 0 radical (unpaired) electrons. The molecule has 2 heterocycles. The van der Waals surface area contributed by atoms with Gasteiger partial charge >= 0.3 is 6.09 Å². The minimum absolute atomic E-state index is 0.00466. The Kier molecular flexibility index (Phi) is 7.06. The highest BCUT2D eigenvalue weighted by atomic mass is 16.6. The van der Waals surface area contributed by atoms with Gasteiger partial charge in [0.25, 0.3) is 0 Å². The van der Waals surface area contributed by atoms with Crippen LogP contribution < -0.4 is 0 Å². The van der Waals surface area contributed by atoms with Crippen molar-refractivity contribution in [1.29, 1.82) is 0 Å². The third-order valence-corrected chi connectivity index (χ3v) is 6.82. The summed E-state index contributed by atoms with van der Waals surface area (Å²) in [4.78, 5) is 28.0. The highest BCUT2D eigenvalue weighted by Crippen LogP contribution is 2.38. The fourth-order valence-corrected chi connectivity index (χ4v) is 5.14. The molecule has 0 aliphatic carbocycles. The molecule has 31 heavy (non-hydrogen) atoms. The molecule has 4 rings (SSSR count). The molecule has 0 saturated carbocycles. The third kappa shape index (κ3) is 5.17. The van der Waals surface area contributed by atoms with Crippen LogP contribution in [0.15, 0.2) is 54.6 Å². The Morgan fingerprint density at radius 2 is 1.61 bits per heavy atom. The van der Waals surface area contributed by atoms with E-state index in [9.17, 15) is 9.59 Å². The number of hydrogen-bond acceptors (Lipinski definition) is 3. The number of nitrogens with zero attached hydrogens (tertiary/aromatic N) is 1. The first-order valence-corrected chi connectivity index (χ1v) is 11.8. The molecule has 4 nitrogen and oxygen atoms in total. The van der Waals surface area contributed by atoms with Crippen LogP contribution >= 0.6 is 0 Å². The Labute approximate surface area is 185 Å². The maximum atomic E-state index is 13.2. The second kappa shape index (κ2) is 10.1. The highest BCUT2D eigenvalue weighted by molar-refractivity contribution is 5.98. The van der Waals surface area contributed by atoms with E-state index >= 15 is 0 Å². The summed E-state index contributed by atoms with van der Waals surface area (Å²) in [6, 6.07) is 18.2. The Hall–Kier alpha value is -2.62. The van der Waals surface area contributed by atoms with Gasteiger partial charge in [-0.25, -0.2) is 4.79 Å². The van der Waals surface area contributed by atoms with Gasteiger partial charge < -0.3 is 9.64 Å². The summed E-state index contributed by atoms with van der Waals surface area (Å²) in [5.41, 5.74) is 3.10. The molecule has 2 fully saturated rings. The molecule has 164 valence electrons. The average Bonchev–Trinajstić information content (AvgIpc) is 2.81. The third-order valence-electron chi connectivity index (χ3n) is 6.82. The minimum atomic E-state index is -0.232. The van der Waals surface area contributed by atoms with Gasteiger partial charge in [-0.05, 0) is 56.1 Å². The molecule has 0 N–H and O–H groups in total. The van der Waals surface area contributed by atoms with Crippen LogP contribution in [-0.4, -0.2) is 28.9 Å². The van der Waals surface area contributed by atoms with Gasteiger partial charge in [0.2, 0.25) is 0 Å². The van der Waals surface area contributed by atoms with Crippen molar-refractivity contribution in [3.05, 3.63) is 71.3 Å². The summed E-state index contributed by atoms with van der Waals surface area (Å²) in [7, 11) is 0. The van der Waals surface area contributed by atoms with Crippen LogP contribution in [0.5, 0.6) is 0 Å². The number of aryl methyl sites for hydroxylation is 1. The van der Waals surface area contributed by atoms with E-state index in [1.165, 1.54) is 18.4 Å². The number of ketones is 1. The lowest BCUT2D eigenvalue weighted by atomic mass is 9.76. The Balaban J connectivity index is 1.38. The van der Waals surface area contributed by atoms with E-state index in [1.54, 1.807) is 0 Å². The number of hydrogen-bond donors (Lipinski definition) is 0. The van der Waals surface area contributed by atoms with Crippen LogP contribution in [0.1, 0.15) is 73.4 Å². The molecule has 0 spiro atoms. The smallest absolute Gasteiger partial charge is 0.410 e. The SMILES string of the molecule is CCCCc1ccc(C(=O)C2CC3CCCC(C2)N3C(=O)OCc2ccccc2)cc1. The van der Waals surface area contributed by atoms with Crippen molar-refractivity contribution in [2.75, 3.05) is 0 Å². The molecule has 0 aromatic heterocycles. The molecule has 4 heteroatoms. The van der Waals surface area contributed by atoms with E-state index in [-0.39, 0.29) is 29.9 Å². The summed E-state index contributed by atoms with van der Waals surface area (Å²) in [5, 5.41) is 0. The lowest BCUT2D eigenvalue weighted by Crippen LogP contribution is -2.55. The topological polar surface area (TPSA) is 46.6 Å². The monoisotopic (exact) mass is 419 g/mol. The van der Waals surface area contributed by atoms with Crippen LogP contribution in [0.4, 0.5) is 4.79 Å². The number of rotatable bonds is 7. The predicted molar refractivity (Wildman–Crippen MR) is 122 cm³/mol. The van der Waals surface area contributed by atoms with E-state index in [1.807, 2.05) is 47.4 Å². The second-order valence-electron chi connectivity index (χ2n) is 9.02. The molecule has 2 aliphatic heterocycles. The van der Waals surface area contributed by atoms with Gasteiger partial charge in [-0.2, -0.15) is 0 Å². The van der Waals surface area contributed by atoms with E-state index in [4.69, 9.17) is 4.74 Å². The quantitative estimate of drug-likeness (QED) is 0.503. The molecule has 2 aromatic carbocycles. The van der Waals surface area contributed by atoms with Crippen molar-refractivity contribution in [3.8, 4) is 0 Å². The van der Waals surface area contributed by atoms with Crippen molar-refractivity contribution >= 4 is 11.9 Å². The summed E-state index contributed by atoms with van der Waals surface area (Å²) in [6.07, 6.45) is 7.70. The van der Waals surface area contributed by atoms with Crippen LogP contribution in [0.25, 0.3) is 0 Å². The number of piperidine rings is 2. The summed E-state index contributed by atoms with van der Waals surface area (Å²) >= 11 is 0. The number of amides is 1. The van der Waals surface area contributed by atoms with Gasteiger partial charge in [0.15, 0.2) is 5.78 Å². The number of unbranched alkanes of at least 4 members (excludes halogenated alkanes) is 1. The number of carbonyl (C=O) groups is 2. The highest BCUT2D eigenvalue weighted by Gasteiger charge is 2.43. The second-order valence-corrected chi connectivity index (χ2v) is 9.02. The number of ether oxygens (including phenoxy) is 1. The first kappa shape index (κ1) is 21.6. The minimum Gasteiger partial charge on any atom is -0.445 e. The molecule has 2 aromatic rings. The van der Waals surface area contributed by atoms with Gasteiger partial charge in [0, 0.05) is 23.6 Å². The van der Waals surface area contributed by atoms with E-state index in [2.05, 4.69) is 19.1 Å². The van der Waals surface area contributed by atoms with Gasteiger partial charge in [0.05, 0.1) is 0 Å². The van der Waals surface area contributed by atoms with Gasteiger partial charge in [-0.15, -0.1) is 0 Å². The number of fused-ring (bicyclic) bond motifs is 2. The molecular weight excluding hydrogens is 386 g/mol. The largest absolute Gasteiger partial charge is 0.445 e. The van der Waals surface area contributed by atoms with Gasteiger partial charge in [-0.1, -0.05) is 67.9 Å². The lowest BCUT2D eigenvalue weighted by Gasteiger charge is -2.47.